The van der Waals surface area contributed by atoms with Gasteiger partial charge < -0.3 is 10.3 Å². The Hall–Kier alpha value is -1.70. The molecule has 0 radical (unpaired) electrons. The average molecular weight is 172 g/mol. The lowest BCUT2D eigenvalue weighted by molar-refractivity contribution is 0.866. The molecule has 66 valence electrons. The minimum absolute atomic E-state index is 0.803. The molecule has 0 aliphatic carbocycles. The van der Waals surface area contributed by atoms with Crippen molar-refractivity contribution in [3.05, 3.63) is 43.1 Å². The van der Waals surface area contributed by atoms with Crippen molar-refractivity contribution in [1.29, 1.82) is 0 Å². The normalized spacial score (nSPS) is 10.5. The van der Waals surface area contributed by atoms with Crippen LogP contribution in [0.2, 0.25) is 0 Å². The first kappa shape index (κ1) is 7.92. The van der Waals surface area contributed by atoms with Crippen molar-refractivity contribution < 1.29 is 0 Å². The van der Waals surface area contributed by atoms with E-state index in [0.717, 1.165) is 17.6 Å². The highest BCUT2D eigenvalue weighted by Gasteiger charge is 2.02. The van der Waals surface area contributed by atoms with E-state index in [2.05, 4.69) is 17.2 Å². The van der Waals surface area contributed by atoms with Crippen LogP contribution in [0.5, 0.6) is 0 Å². The molecular weight excluding hydrogens is 160 g/mol. The third-order valence-corrected chi connectivity index (χ3v) is 2.15. The highest BCUT2D eigenvalue weighted by molar-refractivity contribution is 5.91. The van der Waals surface area contributed by atoms with Crippen molar-refractivity contribution in [3.63, 3.8) is 0 Å². The van der Waals surface area contributed by atoms with Crippen molar-refractivity contribution in [2.45, 2.75) is 6.54 Å². The topological polar surface area (TPSA) is 30.9 Å². The van der Waals surface area contributed by atoms with Gasteiger partial charge in [0.25, 0.3) is 0 Å². The number of anilines is 1. The van der Waals surface area contributed by atoms with E-state index < -0.39 is 0 Å². The second-order valence-corrected chi connectivity index (χ2v) is 3.04. The monoisotopic (exact) mass is 172 g/mol. The maximum atomic E-state index is 5.85. The molecule has 0 amide bonds. The summed E-state index contributed by atoms with van der Waals surface area (Å²) in [7, 11) is 0. The first-order valence-electron chi connectivity index (χ1n) is 4.27. The molecular formula is C11H12N2. The largest absolute Gasteiger partial charge is 0.397 e. The fourth-order valence-electron chi connectivity index (χ4n) is 1.57. The van der Waals surface area contributed by atoms with Crippen molar-refractivity contribution in [2.24, 2.45) is 0 Å². The van der Waals surface area contributed by atoms with E-state index >= 15 is 0 Å². The van der Waals surface area contributed by atoms with Crippen molar-refractivity contribution in [2.75, 3.05) is 5.73 Å². The zero-order chi connectivity index (χ0) is 9.26. The number of benzene rings is 1. The van der Waals surface area contributed by atoms with Crippen LogP contribution in [0.3, 0.4) is 0 Å². The summed E-state index contributed by atoms with van der Waals surface area (Å²) in [6.45, 7) is 4.51. The Balaban J connectivity index is 2.70. The molecule has 0 aliphatic rings. The van der Waals surface area contributed by atoms with Gasteiger partial charge in [-0.2, -0.15) is 0 Å². The number of hydrogen-bond donors (Lipinski definition) is 1. The number of fused-ring (bicyclic) bond motifs is 1. The van der Waals surface area contributed by atoms with Gasteiger partial charge >= 0.3 is 0 Å². The number of nitrogens with zero attached hydrogens (tertiary/aromatic N) is 1. The van der Waals surface area contributed by atoms with E-state index in [4.69, 9.17) is 5.73 Å². The van der Waals surface area contributed by atoms with Gasteiger partial charge in [-0.15, -0.1) is 6.58 Å². The van der Waals surface area contributed by atoms with Gasteiger partial charge in [-0.3, -0.25) is 0 Å². The molecule has 0 fully saturated rings. The molecule has 0 spiro atoms. The average Bonchev–Trinajstić information content (AvgIpc) is 2.46. The van der Waals surface area contributed by atoms with Crippen LogP contribution < -0.4 is 5.73 Å². The SMILES string of the molecule is C=CCn1cc(N)c2ccccc21. The van der Waals surface area contributed by atoms with E-state index in [1.54, 1.807) is 0 Å². The molecule has 2 aromatic rings. The summed E-state index contributed by atoms with van der Waals surface area (Å²) < 4.78 is 2.09. The van der Waals surface area contributed by atoms with Crippen LogP contribution in [-0.4, -0.2) is 4.57 Å². The van der Waals surface area contributed by atoms with Gasteiger partial charge in [0.05, 0.1) is 11.2 Å². The van der Waals surface area contributed by atoms with Crippen LogP contribution in [0.4, 0.5) is 5.69 Å². The number of nitrogen functional groups attached to an aromatic ring is 1. The first-order chi connectivity index (χ1) is 6.33. The lowest BCUT2D eigenvalue weighted by Crippen LogP contribution is -1.91. The molecule has 1 aromatic carbocycles. The predicted molar refractivity (Wildman–Crippen MR) is 56.5 cm³/mol. The van der Waals surface area contributed by atoms with Crippen LogP contribution >= 0.6 is 0 Å². The van der Waals surface area contributed by atoms with Crippen LogP contribution in [0.1, 0.15) is 0 Å². The Bertz CT molecular complexity index is 440. The van der Waals surface area contributed by atoms with Gasteiger partial charge in [0.1, 0.15) is 0 Å². The number of rotatable bonds is 2. The molecule has 0 saturated carbocycles. The molecule has 2 nitrogen and oxygen atoms in total. The number of para-hydroxylation sites is 1. The number of nitrogens with two attached hydrogens (primary N) is 1. The molecule has 2 rings (SSSR count). The Morgan fingerprint density at radius 1 is 1.38 bits per heavy atom. The Morgan fingerprint density at radius 2 is 2.15 bits per heavy atom. The lowest BCUT2D eigenvalue weighted by atomic mass is 10.2. The summed E-state index contributed by atoms with van der Waals surface area (Å²) in [5.41, 5.74) is 7.85. The molecule has 0 aliphatic heterocycles. The summed E-state index contributed by atoms with van der Waals surface area (Å²) in [4.78, 5) is 0. The zero-order valence-electron chi connectivity index (χ0n) is 7.40. The molecule has 0 bridgehead atoms. The summed E-state index contributed by atoms with van der Waals surface area (Å²) in [5, 5.41) is 1.12. The molecule has 1 aromatic heterocycles. The quantitative estimate of drug-likeness (QED) is 0.693. The van der Waals surface area contributed by atoms with E-state index in [0.29, 0.717) is 0 Å². The third kappa shape index (κ3) is 1.20. The molecule has 0 atom stereocenters. The highest BCUT2D eigenvalue weighted by Crippen LogP contribution is 2.22. The molecule has 13 heavy (non-hydrogen) atoms. The summed E-state index contributed by atoms with van der Waals surface area (Å²) in [5.74, 6) is 0. The maximum Gasteiger partial charge on any atom is 0.0574 e. The highest BCUT2D eigenvalue weighted by atomic mass is 15.0. The fourth-order valence-corrected chi connectivity index (χ4v) is 1.57. The van der Waals surface area contributed by atoms with Gasteiger partial charge in [0.2, 0.25) is 0 Å². The van der Waals surface area contributed by atoms with Crippen LogP contribution in [0, 0.1) is 0 Å². The molecule has 0 unspecified atom stereocenters. The van der Waals surface area contributed by atoms with E-state index in [1.807, 2.05) is 30.5 Å². The first-order valence-corrected chi connectivity index (χ1v) is 4.27. The van der Waals surface area contributed by atoms with Gasteiger partial charge in [0, 0.05) is 18.1 Å². The van der Waals surface area contributed by atoms with Crippen LogP contribution in [0.25, 0.3) is 10.9 Å². The lowest BCUT2D eigenvalue weighted by Gasteiger charge is -1.98. The molecule has 0 saturated heterocycles. The number of allylic oxidation sites excluding steroid dienone is 1. The number of hydrogen-bond acceptors (Lipinski definition) is 1. The van der Waals surface area contributed by atoms with Crippen LogP contribution in [-0.2, 0) is 6.54 Å². The Kier molecular flexibility index (Phi) is 1.81. The fraction of sp³-hybridized carbons (Fsp3) is 0.0909. The minimum Gasteiger partial charge on any atom is -0.397 e. The van der Waals surface area contributed by atoms with Gasteiger partial charge in [-0.25, -0.2) is 0 Å². The van der Waals surface area contributed by atoms with E-state index in [-0.39, 0.29) is 0 Å². The number of aromatic nitrogens is 1. The second kappa shape index (κ2) is 2.98. The summed E-state index contributed by atoms with van der Waals surface area (Å²) in [6, 6.07) is 8.11. The standard InChI is InChI=1S/C11H12N2/c1-2-7-13-8-10(12)9-5-3-4-6-11(9)13/h2-6,8H,1,7,12H2. The maximum absolute atomic E-state index is 5.85. The Labute approximate surface area is 77.3 Å². The molecule has 1 heterocycles. The van der Waals surface area contributed by atoms with Crippen LogP contribution in [0.15, 0.2) is 43.1 Å². The van der Waals surface area contributed by atoms with E-state index in [1.165, 1.54) is 5.52 Å². The van der Waals surface area contributed by atoms with Crippen molar-refractivity contribution in [3.8, 4) is 0 Å². The second-order valence-electron chi connectivity index (χ2n) is 3.04. The summed E-state index contributed by atoms with van der Waals surface area (Å²) in [6.07, 6.45) is 3.82. The van der Waals surface area contributed by atoms with Crippen molar-refractivity contribution >= 4 is 16.6 Å². The minimum atomic E-state index is 0.803. The van der Waals surface area contributed by atoms with Gasteiger partial charge in [-0.05, 0) is 6.07 Å². The Morgan fingerprint density at radius 3 is 2.92 bits per heavy atom. The predicted octanol–water partition coefficient (Wildman–Crippen LogP) is 2.41. The molecule has 2 heteroatoms. The molecule has 2 N–H and O–H groups in total. The van der Waals surface area contributed by atoms with Crippen molar-refractivity contribution in [1.82, 2.24) is 4.57 Å². The summed E-state index contributed by atoms with van der Waals surface area (Å²) >= 11 is 0. The van der Waals surface area contributed by atoms with Gasteiger partial charge in [-0.1, -0.05) is 24.3 Å². The smallest absolute Gasteiger partial charge is 0.0574 e. The van der Waals surface area contributed by atoms with Gasteiger partial charge in [0.15, 0.2) is 0 Å². The third-order valence-electron chi connectivity index (χ3n) is 2.15. The zero-order valence-corrected chi connectivity index (χ0v) is 7.40. The van der Waals surface area contributed by atoms with E-state index in [9.17, 15) is 0 Å².